The lowest BCUT2D eigenvalue weighted by Crippen LogP contribution is -2.17. The molecule has 1 atom stereocenters. The molecule has 2 nitrogen and oxygen atoms in total. The molecule has 31 heavy (non-hydrogen) atoms. The highest BCUT2D eigenvalue weighted by Gasteiger charge is 2.12. The number of rotatable bonds is 20. The summed E-state index contributed by atoms with van der Waals surface area (Å²) in [5, 5.41) is 0. The average Bonchev–Trinajstić information content (AvgIpc) is 2.79. The molecule has 0 bridgehead atoms. The molecule has 1 unspecified atom stereocenters. The monoisotopic (exact) mass is 428 g/mol. The molecule has 2 heteroatoms. The van der Waals surface area contributed by atoms with Crippen LogP contribution in [0.2, 0.25) is 0 Å². The van der Waals surface area contributed by atoms with E-state index in [-0.39, 0.29) is 12.1 Å². The Morgan fingerprint density at radius 2 is 1.16 bits per heavy atom. The summed E-state index contributed by atoms with van der Waals surface area (Å²) >= 11 is 0. The van der Waals surface area contributed by atoms with Crippen LogP contribution in [0.1, 0.15) is 129 Å². The molecule has 0 fully saturated rings. The van der Waals surface area contributed by atoms with Gasteiger partial charge >= 0.3 is 5.97 Å². The van der Waals surface area contributed by atoms with Crippen molar-refractivity contribution in [3.05, 3.63) is 42.0 Å². The van der Waals surface area contributed by atoms with E-state index in [2.05, 4.69) is 13.8 Å². The van der Waals surface area contributed by atoms with Gasteiger partial charge in [-0.3, -0.25) is 0 Å². The molecule has 0 heterocycles. The minimum Gasteiger partial charge on any atom is -0.459 e. The number of carbonyl (C=O) groups is 1. The summed E-state index contributed by atoms with van der Waals surface area (Å²) in [5.41, 5.74) is 1.03. The maximum absolute atomic E-state index is 12.4. The fourth-order valence-corrected chi connectivity index (χ4v) is 4.03. The average molecular weight is 429 g/mol. The van der Waals surface area contributed by atoms with Crippen LogP contribution in [0.3, 0.4) is 0 Å². The van der Waals surface area contributed by atoms with Crippen LogP contribution < -0.4 is 0 Å². The standard InChI is InChI=1S/C29H48O2/c1-3-5-7-9-11-12-13-15-20-24-28(23-19-14-10-8-6-4-2)31-29(30)26-25-27-21-17-16-18-22-27/h16-18,21-22,25-26,28H,3-15,19-20,23-24H2,1-2H3. The lowest BCUT2D eigenvalue weighted by Gasteiger charge is -2.17. The summed E-state index contributed by atoms with van der Waals surface area (Å²) in [4.78, 5) is 12.4. The number of benzene rings is 1. The Bertz CT molecular complexity index is 549. The molecule has 1 aromatic carbocycles. The topological polar surface area (TPSA) is 26.3 Å². The SMILES string of the molecule is CCCCCCCCCCCC(CCCCCCCC)OC(=O)C=Cc1ccccc1. The molecule has 0 radical (unpaired) electrons. The molecule has 1 rings (SSSR count). The third kappa shape index (κ3) is 16.8. The van der Waals surface area contributed by atoms with Crippen LogP contribution in [0.4, 0.5) is 0 Å². The van der Waals surface area contributed by atoms with Gasteiger partial charge in [-0.25, -0.2) is 4.79 Å². The Morgan fingerprint density at radius 3 is 1.65 bits per heavy atom. The molecule has 0 saturated carbocycles. The molecule has 1 aromatic rings. The zero-order valence-electron chi connectivity index (χ0n) is 20.5. The molecule has 0 saturated heterocycles. The number of carbonyl (C=O) groups excluding carboxylic acids is 1. The van der Waals surface area contributed by atoms with E-state index in [1.54, 1.807) is 6.08 Å². The van der Waals surface area contributed by atoms with Crippen LogP contribution in [0.15, 0.2) is 36.4 Å². The molecule has 0 N–H and O–H groups in total. The lowest BCUT2D eigenvalue weighted by atomic mass is 10.0. The van der Waals surface area contributed by atoms with Crippen LogP contribution in [0.5, 0.6) is 0 Å². The fraction of sp³-hybridized carbons (Fsp3) is 0.690. The molecular formula is C29H48O2. The van der Waals surface area contributed by atoms with Crippen molar-refractivity contribution in [1.82, 2.24) is 0 Å². The normalized spacial score (nSPS) is 12.3. The highest BCUT2D eigenvalue weighted by atomic mass is 16.5. The van der Waals surface area contributed by atoms with E-state index in [0.717, 1.165) is 18.4 Å². The predicted molar refractivity (Wildman–Crippen MR) is 135 cm³/mol. The Kier molecular flexibility index (Phi) is 18.0. The van der Waals surface area contributed by atoms with Crippen molar-refractivity contribution in [2.75, 3.05) is 0 Å². The van der Waals surface area contributed by atoms with Gasteiger partial charge in [0.1, 0.15) is 6.10 Å². The Balaban J connectivity index is 2.31. The van der Waals surface area contributed by atoms with Crippen LogP contribution in [0, 0.1) is 0 Å². The smallest absolute Gasteiger partial charge is 0.331 e. The van der Waals surface area contributed by atoms with Gasteiger partial charge in [0, 0.05) is 6.08 Å². The van der Waals surface area contributed by atoms with Gasteiger partial charge in [-0.2, -0.15) is 0 Å². The summed E-state index contributed by atoms with van der Waals surface area (Å²) in [7, 11) is 0. The maximum atomic E-state index is 12.4. The van der Waals surface area contributed by atoms with Gasteiger partial charge in [-0.15, -0.1) is 0 Å². The van der Waals surface area contributed by atoms with Crippen LogP contribution in [-0.2, 0) is 9.53 Å². The second kappa shape index (κ2) is 20.3. The second-order valence-corrected chi connectivity index (χ2v) is 8.98. The summed E-state index contributed by atoms with van der Waals surface area (Å²) < 4.78 is 5.85. The van der Waals surface area contributed by atoms with Crippen molar-refractivity contribution in [2.45, 2.75) is 129 Å². The summed E-state index contributed by atoms with van der Waals surface area (Å²) in [5.74, 6) is -0.198. The van der Waals surface area contributed by atoms with E-state index < -0.39 is 0 Å². The predicted octanol–water partition coefficient (Wildman–Crippen LogP) is 9.28. The van der Waals surface area contributed by atoms with E-state index in [9.17, 15) is 4.79 Å². The number of unbranched alkanes of at least 4 members (excludes halogenated alkanes) is 13. The van der Waals surface area contributed by atoms with Gasteiger partial charge in [0.2, 0.25) is 0 Å². The molecule has 0 aromatic heterocycles. The van der Waals surface area contributed by atoms with Crippen molar-refractivity contribution >= 4 is 12.0 Å². The molecule has 176 valence electrons. The molecule has 0 amide bonds. The first-order chi connectivity index (χ1) is 15.3. The minimum absolute atomic E-state index is 0.0728. The highest BCUT2D eigenvalue weighted by Crippen LogP contribution is 2.18. The largest absolute Gasteiger partial charge is 0.459 e. The first kappa shape index (κ1) is 27.5. The summed E-state index contributed by atoms with van der Waals surface area (Å²) in [6, 6.07) is 9.95. The highest BCUT2D eigenvalue weighted by molar-refractivity contribution is 5.87. The van der Waals surface area contributed by atoms with Gasteiger partial charge in [-0.1, -0.05) is 128 Å². The maximum Gasteiger partial charge on any atom is 0.331 e. The third-order valence-corrected chi connectivity index (χ3v) is 6.00. The van der Waals surface area contributed by atoms with Crippen molar-refractivity contribution in [3.8, 4) is 0 Å². The van der Waals surface area contributed by atoms with Crippen molar-refractivity contribution in [2.24, 2.45) is 0 Å². The van der Waals surface area contributed by atoms with Gasteiger partial charge in [0.05, 0.1) is 0 Å². The number of esters is 1. The zero-order chi connectivity index (χ0) is 22.4. The minimum atomic E-state index is -0.198. The first-order valence-electron chi connectivity index (χ1n) is 13.2. The van der Waals surface area contributed by atoms with Crippen LogP contribution >= 0.6 is 0 Å². The van der Waals surface area contributed by atoms with Crippen molar-refractivity contribution in [1.29, 1.82) is 0 Å². The van der Waals surface area contributed by atoms with Gasteiger partial charge in [-0.05, 0) is 37.3 Å². The van der Waals surface area contributed by atoms with Gasteiger partial charge < -0.3 is 4.74 Å². The second-order valence-electron chi connectivity index (χ2n) is 8.98. The Hall–Kier alpha value is -1.57. The van der Waals surface area contributed by atoms with Gasteiger partial charge in [0.15, 0.2) is 0 Å². The summed E-state index contributed by atoms with van der Waals surface area (Å²) in [6.45, 7) is 4.52. The molecule has 0 aliphatic rings. The molecule has 0 aliphatic carbocycles. The Labute approximate surface area is 192 Å². The number of hydrogen-bond acceptors (Lipinski definition) is 2. The molecule has 0 aliphatic heterocycles. The van der Waals surface area contributed by atoms with E-state index in [0.29, 0.717) is 0 Å². The van der Waals surface area contributed by atoms with E-state index in [1.165, 1.54) is 96.3 Å². The van der Waals surface area contributed by atoms with E-state index in [4.69, 9.17) is 4.74 Å². The third-order valence-electron chi connectivity index (χ3n) is 6.00. The molecule has 0 spiro atoms. The van der Waals surface area contributed by atoms with E-state index in [1.807, 2.05) is 36.4 Å². The lowest BCUT2D eigenvalue weighted by molar-refractivity contribution is -0.143. The number of hydrogen-bond donors (Lipinski definition) is 0. The van der Waals surface area contributed by atoms with Crippen LogP contribution in [-0.4, -0.2) is 12.1 Å². The quantitative estimate of drug-likeness (QED) is 0.117. The van der Waals surface area contributed by atoms with Crippen LogP contribution in [0.25, 0.3) is 6.08 Å². The molecular weight excluding hydrogens is 380 g/mol. The number of ether oxygens (including phenoxy) is 1. The Morgan fingerprint density at radius 1 is 0.710 bits per heavy atom. The summed E-state index contributed by atoms with van der Waals surface area (Å²) in [6.07, 6.45) is 25.2. The van der Waals surface area contributed by atoms with Gasteiger partial charge in [0.25, 0.3) is 0 Å². The zero-order valence-corrected chi connectivity index (χ0v) is 20.5. The van der Waals surface area contributed by atoms with Crippen molar-refractivity contribution < 1.29 is 9.53 Å². The van der Waals surface area contributed by atoms with E-state index >= 15 is 0 Å². The van der Waals surface area contributed by atoms with Crippen molar-refractivity contribution in [3.63, 3.8) is 0 Å². The fourth-order valence-electron chi connectivity index (χ4n) is 4.03. The first-order valence-corrected chi connectivity index (χ1v) is 13.2.